The van der Waals surface area contributed by atoms with Gasteiger partial charge < -0.3 is 15.0 Å². The number of hydrogen-bond acceptors (Lipinski definition) is 4. The first-order valence-corrected chi connectivity index (χ1v) is 8.68. The van der Waals surface area contributed by atoms with Gasteiger partial charge in [-0.15, -0.1) is 0 Å². The van der Waals surface area contributed by atoms with Crippen LogP contribution in [0, 0.1) is 11.8 Å². The smallest absolute Gasteiger partial charge is 0.325 e. The highest BCUT2D eigenvalue weighted by atomic mass is 16.5. The van der Waals surface area contributed by atoms with E-state index in [1.54, 1.807) is 4.90 Å². The number of carbonyl (C=O) groups excluding carboxylic acids is 3. The zero-order valence-electron chi connectivity index (χ0n) is 14.2. The largest absolute Gasteiger partial charge is 0.468 e. The summed E-state index contributed by atoms with van der Waals surface area (Å²) < 4.78 is 4.52. The molecule has 0 bridgehead atoms. The van der Waals surface area contributed by atoms with Gasteiger partial charge in [-0.05, 0) is 25.2 Å². The van der Waals surface area contributed by atoms with Gasteiger partial charge in [-0.3, -0.25) is 14.4 Å². The molecule has 1 saturated carbocycles. The first-order chi connectivity index (χ1) is 11.0. The molecule has 130 valence electrons. The van der Waals surface area contributed by atoms with Crippen LogP contribution in [-0.4, -0.2) is 48.9 Å². The third-order valence-corrected chi connectivity index (χ3v) is 5.06. The van der Waals surface area contributed by atoms with Crippen molar-refractivity contribution in [1.82, 2.24) is 10.2 Å². The van der Waals surface area contributed by atoms with Crippen LogP contribution in [0.2, 0.25) is 0 Å². The number of nitrogens with zero attached hydrogens (tertiary/aromatic N) is 1. The molecule has 0 aromatic carbocycles. The summed E-state index contributed by atoms with van der Waals surface area (Å²) in [6, 6.07) is -0.446. The van der Waals surface area contributed by atoms with Crippen molar-refractivity contribution in [2.45, 2.75) is 57.9 Å². The molecule has 2 amide bonds. The van der Waals surface area contributed by atoms with Crippen molar-refractivity contribution >= 4 is 17.8 Å². The van der Waals surface area contributed by atoms with Crippen LogP contribution < -0.4 is 5.32 Å². The summed E-state index contributed by atoms with van der Waals surface area (Å²) in [5, 5.41) is 2.56. The lowest BCUT2D eigenvalue weighted by molar-refractivity contribution is -0.143. The SMILES string of the molecule is COC(=O)CNC(=O)[C@H]1CCCN1C(=O)[C@H](C)CC1CCCC1. The van der Waals surface area contributed by atoms with Crippen molar-refractivity contribution in [2.24, 2.45) is 11.8 Å². The summed E-state index contributed by atoms with van der Waals surface area (Å²) in [4.78, 5) is 37.8. The topological polar surface area (TPSA) is 75.7 Å². The number of methoxy groups -OCH3 is 1. The Morgan fingerprint density at radius 2 is 1.87 bits per heavy atom. The summed E-state index contributed by atoms with van der Waals surface area (Å²) in [6.45, 7) is 2.46. The number of rotatable bonds is 6. The van der Waals surface area contributed by atoms with E-state index in [0.29, 0.717) is 18.9 Å². The molecule has 0 radical (unpaired) electrons. The molecule has 2 rings (SSSR count). The van der Waals surface area contributed by atoms with E-state index in [-0.39, 0.29) is 24.3 Å². The number of hydrogen-bond donors (Lipinski definition) is 1. The Morgan fingerprint density at radius 3 is 2.52 bits per heavy atom. The monoisotopic (exact) mass is 324 g/mol. The summed E-state index contributed by atoms with van der Waals surface area (Å²) >= 11 is 0. The van der Waals surface area contributed by atoms with E-state index < -0.39 is 12.0 Å². The van der Waals surface area contributed by atoms with E-state index in [4.69, 9.17) is 0 Å². The van der Waals surface area contributed by atoms with Crippen LogP contribution in [0.5, 0.6) is 0 Å². The molecule has 0 spiro atoms. The summed E-state index contributed by atoms with van der Waals surface area (Å²) in [7, 11) is 1.28. The molecule has 1 saturated heterocycles. The zero-order chi connectivity index (χ0) is 16.8. The fourth-order valence-corrected chi connectivity index (χ4v) is 3.78. The van der Waals surface area contributed by atoms with Gasteiger partial charge in [-0.25, -0.2) is 0 Å². The van der Waals surface area contributed by atoms with Gasteiger partial charge in [-0.1, -0.05) is 32.6 Å². The highest BCUT2D eigenvalue weighted by molar-refractivity contribution is 5.90. The lowest BCUT2D eigenvalue weighted by atomic mass is 9.93. The third kappa shape index (κ3) is 4.69. The highest BCUT2D eigenvalue weighted by Gasteiger charge is 2.36. The van der Waals surface area contributed by atoms with Crippen LogP contribution in [0.25, 0.3) is 0 Å². The van der Waals surface area contributed by atoms with Crippen LogP contribution in [0.3, 0.4) is 0 Å². The molecule has 2 fully saturated rings. The molecule has 2 aliphatic rings. The fraction of sp³-hybridized carbons (Fsp3) is 0.824. The Bertz CT molecular complexity index is 446. The van der Waals surface area contributed by atoms with Gasteiger partial charge in [0.2, 0.25) is 11.8 Å². The predicted molar refractivity (Wildman–Crippen MR) is 85.5 cm³/mol. The number of ether oxygens (including phenoxy) is 1. The molecule has 6 nitrogen and oxygen atoms in total. The number of carbonyl (C=O) groups is 3. The molecule has 0 unspecified atom stereocenters. The second-order valence-electron chi connectivity index (χ2n) is 6.77. The van der Waals surface area contributed by atoms with Crippen LogP contribution in [0.15, 0.2) is 0 Å². The number of amides is 2. The van der Waals surface area contributed by atoms with Crippen molar-refractivity contribution in [1.29, 1.82) is 0 Å². The maximum Gasteiger partial charge on any atom is 0.325 e. The molecule has 1 aliphatic carbocycles. The van der Waals surface area contributed by atoms with Gasteiger partial charge in [0.15, 0.2) is 0 Å². The lowest BCUT2D eigenvalue weighted by Crippen LogP contribution is -2.48. The molecule has 0 aromatic rings. The minimum Gasteiger partial charge on any atom is -0.468 e. The number of esters is 1. The quantitative estimate of drug-likeness (QED) is 0.751. The Labute approximate surface area is 137 Å². The normalized spacial score (nSPS) is 22.9. The first-order valence-electron chi connectivity index (χ1n) is 8.68. The summed E-state index contributed by atoms with van der Waals surface area (Å²) in [6.07, 6.45) is 7.40. The molecule has 1 N–H and O–H groups in total. The van der Waals surface area contributed by atoms with Gasteiger partial charge in [0.05, 0.1) is 7.11 Å². The molecule has 6 heteroatoms. The van der Waals surface area contributed by atoms with Gasteiger partial charge in [-0.2, -0.15) is 0 Å². The second-order valence-corrected chi connectivity index (χ2v) is 6.77. The molecule has 2 atom stereocenters. The predicted octanol–water partition coefficient (Wildman–Crippen LogP) is 1.48. The summed E-state index contributed by atoms with van der Waals surface area (Å²) in [5.41, 5.74) is 0. The van der Waals surface area contributed by atoms with E-state index in [1.807, 2.05) is 6.92 Å². The van der Waals surface area contributed by atoms with Crippen LogP contribution in [-0.2, 0) is 19.1 Å². The van der Waals surface area contributed by atoms with E-state index in [0.717, 1.165) is 12.8 Å². The van der Waals surface area contributed by atoms with Crippen molar-refractivity contribution < 1.29 is 19.1 Å². The van der Waals surface area contributed by atoms with E-state index in [9.17, 15) is 14.4 Å². The van der Waals surface area contributed by atoms with Crippen molar-refractivity contribution in [3.05, 3.63) is 0 Å². The first kappa shape index (κ1) is 17.8. The second kappa shape index (κ2) is 8.31. The van der Waals surface area contributed by atoms with Crippen molar-refractivity contribution in [3.8, 4) is 0 Å². The lowest BCUT2D eigenvalue weighted by Gasteiger charge is -2.27. The molecular weight excluding hydrogens is 296 g/mol. The van der Waals surface area contributed by atoms with Gasteiger partial charge in [0.1, 0.15) is 12.6 Å². The molecule has 0 aromatic heterocycles. The van der Waals surface area contributed by atoms with Crippen molar-refractivity contribution in [3.63, 3.8) is 0 Å². The average Bonchev–Trinajstić information content (AvgIpc) is 3.22. The highest BCUT2D eigenvalue weighted by Crippen LogP contribution is 2.31. The van der Waals surface area contributed by atoms with Crippen LogP contribution >= 0.6 is 0 Å². The summed E-state index contributed by atoms with van der Waals surface area (Å²) in [5.74, 6) is -0.0407. The number of likely N-dealkylation sites (tertiary alicyclic amines) is 1. The molecular formula is C17H28N2O4. The van der Waals surface area contributed by atoms with Crippen LogP contribution in [0.4, 0.5) is 0 Å². The molecule has 1 aliphatic heterocycles. The Hall–Kier alpha value is -1.59. The van der Waals surface area contributed by atoms with E-state index in [1.165, 1.54) is 32.8 Å². The van der Waals surface area contributed by atoms with Gasteiger partial charge in [0, 0.05) is 12.5 Å². The Morgan fingerprint density at radius 1 is 1.17 bits per heavy atom. The molecule has 1 heterocycles. The maximum atomic E-state index is 12.7. The minimum atomic E-state index is -0.483. The van der Waals surface area contributed by atoms with Gasteiger partial charge in [0.25, 0.3) is 0 Å². The Balaban J connectivity index is 1.87. The van der Waals surface area contributed by atoms with Gasteiger partial charge >= 0.3 is 5.97 Å². The van der Waals surface area contributed by atoms with E-state index in [2.05, 4.69) is 10.1 Å². The minimum absolute atomic E-state index is 0.0351. The Kier molecular flexibility index (Phi) is 6.42. The zero-order valence-corrected chi connectivity index (χ0v) is 14.2. The van der Waals surface area contributed by atoms with Crippen molar-refractivity contribution in [2.75, 3.05) is 20.2 Å². The average molecular weight is 324 g/mol. The number of nitrogens with one attached hydrogen (secondary N) is 1. The standard InChI is InChI=1S/C17H28N2O4/c1-12(10-13-6-3-4-7-13)17(22)19-9-5-8-14(19)16(21)18-11-15(20)23-2/h12-14H,3-11H2,1-2H3,(H,18,21)/t12-,14-/m1/s1. The van der Waals surface area contributed by atoms with E-state index >= 15 is 0 Å². The van der Waals surface area contributed by atoms with Crippen LogP contribution in [0.1, 0.15) is 51.9 Å². The molecule has 23 heavy (non-hydrogen) atoms. The third-order valence-electron chi connectivity index (χ3n) is 5.06. The fourth-order valence-electron chi connectivity index (χ4n) is 3.78. The maximum absolute atomic E-state index is 12.7.